The zero-order valence-electron chi connectivity index (χ0n) is 7.93. The van der Waals surface area contributed by atoms with Gasteiger partial charge in [-0.15, -0.1) is 0 Å². The Bertz CT molecular complexity index is 187. The highest BCUT2D eigenvalue weighted by Gasteiger charge is 2.36. The second-order valence-electron chi connectivity index (χ2n) is 4.12. The van der Waals surface area contributed by atoms with Crippen LogP contribution in [-0.4, -0.2) is 28.7 Å². The highest BCUT2D eigenvalue weighted by atomic mass is 79.9. The third kappa shape index (κ3) is 2.00. The van der Waals surface area contributed by atoms with E-state index in [-0.39, 0.29) is 5.54 Å². The first-order valence-electron chi connectivity index (χ1n) is 4.32. The molecular formula is C9H16BrNO. The Labute approximate surface area is 82.4 Å². The maximum Gasteiger partial charge on any atom is 0.225 e. The SMILES string of the molecule is CN(C(=O)C1CC1)C(C)(C)CBr. The van der Waals surface area contributed by atoms with Gasteiger partial charge in [0, 0.05) is 23.8 Å². The molecule has 1 saturated carbocycles. The van der Waals surface area contributed by atoms with Gasteiger partial charge in [0.2, 0.25) is 5.91 Å². The molecular weight excluding hydrogens is 218 g/mol. The molecule has 0 aromatic rings. The Morgan fingerprint density at radius 1 is 1.58 bits per heavy atom. The van der Waals surface area contributed by atoms with Crippen LogP contribution in [0.15, 0.2) is 0 Å². The molecule has 0 heterocycles. The minimum Gasteiger partial charge on any atom is -0.340 e. The summed E-state index contributed by atoms with van der Waals surface area (Å²) in [6, 6.07) is 0. The van der Waals surface area contributed by atoms with Crippen LogP contribution in [0, 0.1) is 5.92 Å². The zero-order valence-corrected chi connectivity index (χ0v) is 9.52. The van der Waals surface area contributed by atoms with Crippen LogP contribution in [0.2, 0.25) is 0 Å². The van der Waals surface area contributed by atoms with E-state index >= 15 is 0 Å². The van der Waals surface area contributed by atoms with Crippen LogP contribution in [0.4, 0.5) is 0 Å². The molecule has 0 aromatic carbocycles. The first kappa shape index (κ1) is 10.0. The molecule has 0 radical (unpaired) electrons. The summed E-state index contributed by atoms with van der Waals surface area (Å²) >= 11 is 3.42. The summed E-state index contributed by atoms with van der Waals surface area (Å²) in [6.07, 6.45) is 2.17. The number of rotatable bonds is 3. The monoisotopic (exact) mass is 233 g/mol. The number of nitrogens with zero attached hydrogens (tertiary/aromatic N) is 1. The van der Waals surface area contributed by atoms with E-state index in [0.717, 1.165) is 18.2 Å². The summed E-state index contributed by atoms with van der Waals surface area (Å²) in [6.45, 7) is 4.14. The van der Waals surface area contributed by atoms with Gasteiger partial charge in [0.25, 0.3) is 0 Å². The van der Waals surface area contributed by atoms with Crippen LogP contribution in [0.25, 0.3) is 0 Å². The van der Waals surface area contributed by atoms with E-state index in [1.165, 1.54) is 0 Å². The quantitative estimate of drug-likeness (QED) is 0.684. The predicted molar refractivity (Wildman–Crippen MR) is 53.4 cm³/mol. The van der Waals surface area contributed by atoms with Crippen molar-refractivity contribution in [3.05, 3.63) is 0 Å². The minimum absolute atomic E-state index is 0.0559. The normalized spacial score (nSPS) is 17.7. The van der Waals surface area contributed by atoms with Crippen LogP contribution in [0.1, 0.15) is 26.7 Å². The molecule has 0 atom stereocenters. The van der Waals surface area contributed by atoms with Gasteiger partial charge in [-0.05, 0) is 26.7 Å². The first-order valence-corrected chi connectivity index (χ1v) is 5.45. The highest BCUT2D eigenvalue weighted by Crippen LogP contribution is 2.32. The minimum atomic E-state index is -0.0559. The summed E-state index contributed by atoms with van der Waals surface area (Å²) < 4.78 is 0. The summed E-state index contributed by atoms with van der Waals surface area (Å²) in [4.78, 5) is 13.5. The molecule has 0 bridgehead atoms. The fraction of sp³-hybridized carbons (Fsp3) is 0.889. The standard InChI is InChI=1S/C9H16BrNO/c1-9(2,6-10)11(3)8(12)7-4-5-7/h7H,4-6H2,1-3H3. The van der Waals surface area contributed by atoms with Crippen molar-refractivity contribution >= 4 is 21.8 Å². The molecule has 0 aliphatic heterocycles. The van der Waals surface area contributed by atoms with Crippen LogP contribution in [0.5, 0.6) is 0 Å². The number of hydrogen-bond donors (Lipinski definition) is 0. The van der Waals surface area contributed by atoms with Crippen LogP contribution in [0.3, 0.4) is 0 Å². The predicted octanol–water partition coefficient (Wildman–Crippen LogP) is 2.03. The average molecular weight is 234 g/mol. The lowest BCUT2D eigenvalue weighted by Gasteiger charge is -2.34. The van der Waals surface area contributed by atoms with Crippen molar-refractivity contribution in [3.63, 3.8) is 0 Å². The summed E-state index contributed by atoms with van der Waals surface area (Å²) in [5, 5.41) is 0.828. The molecule has 3 heteroatoms. The third-order valence-electron chi connectivity index (χ3n) is 2.49. The van der Waals surface area contributed by atoms with E-state index in [2.05, 4.69) is 29.8 Å². The van der Waals surface area contributed by atoms with Gasteiger partial charge in [-0.1, -0.05) is 15.9 Å². The molecule has 1 aliphatic carbocycles. The molecule has 2 nitrogen and oxygen atoms in total. The van der Waals surface area contributed by atoms with Gasteiger partial charge >= 0.3 is 0 Å². The number of halogens is 1. The lowest BCUT2D eigenvalue weighted by Crippen LogP contribution is -2.46. The third-order valence-corrected chi connectivity index (χ3v) is 3.86. The highest BCUT2D eigenvalue weighted by molar-refractivity contribution is 9.09. The number of carbonyl (C=O) groups excluding carboxylic acids is 1. The Morgan fingerprint density at radius 3 is 2.42 bits per heavy atom. The number of amides is 1. The number of carbonyl (C=O) groups is 1. The van der Waals surface area contributed by atoms with E-state index in [9.17, 15) is 4.79 Å². The maximum atomic E-state index is 11.6. The largest absolute Gasteiger partial charge is 0.340 e. The molecule has 1 aliphatic rings. The van der Waals surface area contributed by atoms with E-state index in [1.807, 2.05) is 11.9 Å². The smallest absolute Gasteiger partial charge is 0.225 e. The van der Waals surface area contributed by atoms with Crippen molar-refractivity contribution in [2.24, 2.45) is 5.92 Å². The zero-order chi connectivity index (χ0) is 9.35. The van der Waals surface area contributed by atoms with Gasteiger partial charge in [0.05, 0.1) is 0 Å². The Morgan fingerprint density at radius 2 is 2.08 bits per heavy atom. The molecule has 0 aromatic heterocycles. The summed E-state index contributed by atoms with van der Waals surface area (Å²) in [5.41, 5.74) is -0.0559. The molecule has 1 fully saturated rings. The van der Waals surface area contributed by atoms with Gasteiger partial charge in [-0.25, -0.2) is 0 Å². The van der Waals surface area contributed by atoms with Crippen molar-refractivity contribution in [2.75, 3.05) is 12.4 Å². The van der Waals surface area contributed by atoms with Gasteiger partial charge in [0.15, 0.2) is 0 Å². The molecule has 0 unspecified atom stereocenters. The van der Waals surface area contributed by atoms with Crippen LogP contribution < -0.4 is 0 Å². The van der Waals surface area contributed by atoms with Crippen LogP contribution in [-0.2, 0) is 4.79 Å². The van der Waals surface area contributed by atoms with E-state index < -0.39 is 0 Å². The van der Waals surface area contributed by atoms with E-state index in [1.54, 1.807) is 0 Å². The Kier molecular flexibility index (Phi) is 2.81. The topological polar surface area (TPSA) is 20.3 Å². The molecule has 12 heavy (non-hydrogen) atoms. The summed E-state index contributed by atoms with van der Waals surface area (Å²) in [5.74, 6) is 0.632. The first-order chi connectivity index (χ1) is 5.49. The molecule has 1 rings (SSSR count). The average Bonchev–Trinajstić information content (AvgIpc) is 2.84. The number of hydrogen-bond acceptors (Lipinski definition) is 1. The van der Waals surface area contributed by atoms with Gasteiger partial charge in [-0.3, -0.25) is 4.79 Å². The lowest BCUT2D eigenvalue weighted by atomic mass is 10.1. The number of alkyl halides is 1. The fourth-order valence-corrected chi connectivity index (χ4v) is 1.37. The van der Waals surface area contributed by atoms with Crippen molar-refractivity contribution in [1.82, 2.24) is 4.90 Å². The van der Waals surface area contributed by atoms with Gasteiger partial charge in [-0.2, -0.15) is 0 Å². The van der Waals surface area contributed by atoms with Crippen molar-refractivity contribution in [2.45, 2.75) is 32.2 Å². The van der Waals surface area contributed by atoms with Crippen molar-refractivity contribution < 1.29 is 4.79 Å². The lowest BCUT2D eigenvalue weighted by molar-refractivity contribution is -0.135. The fourth-order valence-electron chi connectivity index (χ4n) is 0.992. The van der Waals surface area contributed by atoms with Gasteiger partial charge < -0.3 is 4.90 Å². The van der Waals surface area contributed by atoms with Crippen molar-refractivity contribution in [3.8, 4) is 0 Å². The maximum absolute atomic E-state index is 11.6. The second-order valence-corrected chi connectivity index (χ2v) is 4.68. The molecule has 70 valence electrons. The Hall–Kier alpha value is -0.0500. The van der Waals surface area contributed by atoms with Crippen molar-refractivity contribution in [1.29, 1.82) is 0 Å². The van der Waals surface area contributed by atoms with E-state index in [0.29, 0.717) is 11.8 Å². The molecule has 0 saturated heterocycles. The Balaban J connectivity index is 2.55. The molecule has 0 N–H and O–H groups in total. The van der Waals surface area contributed by atoms with E-state index in [4.69, 9.17) is 0 Å². The van der Waals surface area contributed by atoms with Gasteiger partial charge in [0.1, 0.15) is 0 Å². The second kappa shape index (κ2) is 3.36. The summed E-state index contributed by atoms with van der Waals surface area (Å²) in [7, 11) is 1.89. The molecule has 0 spiro atoms. The molecule has 1 amide bonds. The van der Waals surface area contributed by atoms with Crippen LogP contribution >= 0.6 is 15.9 Å².